The van der Waals surface area contributed by atoms with E-state index in [0.717, 1.165) is 24.1 Å². The molecule has 3 rings (SSSR count). The lowest BCUT2D eigenvalue weighted by molar-refractivity contribution is -0.385. The Morgan fingerprint density at radius 1 is 1.21 bits per heavy atom. The summed E-state index contributed by atoms with van der Waals surface area (Å²) in [5.41, 5.74) is 3.29. The van der Waals surface area contributed by atoms with Gasteiger partial charge in [-0.1, -0.05) is 53.3 Å². The van der Waals surface area contributed by atoms with Crippen LogP contribution in [0.25, 0.3) is 0 Å². The summed E-state index contributed by atoms with van der Waals surface area (Å²) in [7, 11) is -2.20. The molecule has 7 nitrogen and oxygen atoms in total. The fourth-order valence-electron chi connectivity index (χ4n) is 4.36. The summed E-state index contributed by atoms with van der Waals surface area (Å²) in [6.45, 7) is 19.9. The van der Waals surface area contributed by atoms with E-state index in [9.17, 15) is 14.9 Å². The minimum absolute atomic E-state index is 0.0196. The predicted molar refractivity (Wildman–Crippen MR) is 154 cm³/mol. The number of nitrogens with one attached hydrogen (secondary N) is 1. The molecule has 0 fully saturated rings. The Kier molecular flexibility index (Phi) is 9.20. The van der Waals surface area contributed by atoms with E-state index >= 15 is 0 Å². The lowest BCUT2D eigenvalue weighted by atomic mass is 9.88. The van der Waals surface area contributed by atoms with Gasteiger partial charge in [0.1, 0.15) is 12.4 Å². The molecular formula is C30H42N2O5Si. The Bertz CT molecular complexity index is 1200. The summed E-state index contributed by atoms with van der Waals surface area (Å²) in [5, 5.41) is 15.0. The molecule has 1 N–H and O–H groups in total. The van der Waals surface area contributed by atoms with Crippen molar-refractivity contribution in [2.24, 2.45) is 5.92 Å². The molecule has 0 amide bonds. The van der Waals surface area contributed by atoms with E-state index in [0.29, 0.717) is 41.4 Å². The van der Waals surface area contributed by atoms with Crippen LogP contribution in [-0.4, -0.2) is 25.6 Å². The van der Waals surface area contributed by atoms with Crippen LogP contribution in [0.1, 0.15) is 70.2 Å². The standard InChI is InChI=1S/C30H42N2O5Si/c1-20(2)15-21(3)27(33)18-25-24-17-28(36-19-23-11-9-10-12-26(23)32(34)35)29(16-22(24)13-14-31-25)37-38(7,8)30(4,5)6/h9-12,16-17,20,25,31H,3,13-15,18-19H2,1-2,4-8H3. The second-order valence-corrected chi connectivity index (χ2v) is 16.8. The van der Waals surface area contributed by atoms with Gasteiger partial charge in [-0.25, -0.2) is 0 Å². The lowest BCUT2D eigenvalue weighted by Crippen LogP contribution is -2.44. The third-order valence-corrected chi connectivity index (χ3v) is 11.9. The number of benzene rings is 2. The zero-order valence-electron chi connectivity index (χ0n) is 23.8. The summed E-state index contributed by atoms with van der Waals surface area (Å²) >= 11 is 0. The van der Waals surface area contributed by atoms with Gasteiger partial charge in [-0.2, -0.15) is 0 Å². The van der Waals surface area contributed by atoms with Gasteiger partial charge in [-0.3, -0.25) is 14.9 Å². The van der Waals surface area contributed by atoms with Crippen LogP contribution < -0.4 is 14.5 Å². The summed E-state index contributed by atoms with van der Waals surface area (Å²) in [4.78, 5) is 24.1. The van der Waals surface area contributed by atoms with E-state index < -0.39 is 13.2 Å². The largest absolute Gasteiger partial charge is 0.541 e. The first-order valence-corrected chi connectivity index (χ1v) is 16.3. The Labute approximate surface area is 227 Å². The second kappa shape index (κ2) is 11.8. The number of fused-ring (bicyclic) bond motifs is 1. The van der Waals surface area contributed by atoms with Crippen molar-refractivity contribution in [2.45, 2.75) is 84.7 Å². The summed E-state index contributed by atoms with van der Waals surface area (Å²) < 4.78 is 13.0. The number of carbonyl (C=O) groups excluding carboxylic acids is 1. The zero-order valence-corrected chi connectivity index (χ0v) is 24.8. The minimum atomic E-state index is -2.20. The van der Waals surface area contributed by atoms with Crippen molar-refractivity contribution in [3.8, 4) is 11.5 Å². The number of rotatable bonds is 11. The van der Waals surface area contributed by atoms with Gasteiger partial charge in [0, 0.05) is 18.5 Å². The van der Waals surface area contributed by atoms with E-state index in [4.69, 9.17) is 9.16 Å². The van der Waals surface area contributed by atoms with Gasteiger partial charge in [0.05, 0.1) is 10.5 Å². The summed E-state index contributed by atoms with van der Waals surface area (Å²) in [6.07, 6.45) is 1.82. The summed E-state index contributed by atoms with van der Waals surface area (Å²) in [5.74, 6) is 1.63. The molecule has 1 aliphatic heterocycles. The molecule has 0 aliphatic carbocycles. The van der Waals surface area contributed by atoms with Crippen molar-refractivity contribution >= 4 is 19.8 Å². The predicted octanol–water partition coefficient (Wildman–Crippen LogP) is 7.31. The van der Waals surface area contributed by atoms with Crippen molar-refractivity contribution in [1.29, 1.82) is 0 Å². The first-order valence-electron chi connectivity index (χ1n) is 13.3. The molecule has 0 radical (unpaired) electrons. The normalized spacial score (nSPS) is 15.6. The molecule has 2 aromatic carbocycles. The topological polar surface area (TPSA) is 90.7 Å². The van der Waals surface area contributed by atoms with Gasteiger partial charge in [0.15, 0.2) is 11.5 Å². The third-order valence-electron chi connectivity index (χ3n) is 7.55. The lowest BCUT2D eigenvalue weighted by Gasteiger charge is -2.37. The minimum Gasteiger partial charge on any atom is -0.541 e. The molecule has 8 heteroatoms. The number of carbonyl (C=O) groups is 1. The van der Waals surface area contributed by atoms with Crippen molar-refractivity contribution in [1.82, 2.24) is 5.32 Å². The molecule has 0 saturated carbocycles. The number of hydrogen-bond donors (Lipinski definition) is 1. The molecule has 2 aromatic rings. The number of nitro benzene ring substituents is 1. The third kappa shape index (κ3) is 7.11. The molecule has 1 unspecified atom stereocenters. The van der Waals surface area contributed by atoms with Crippen molar-refractivity contribution in [3.63, 3.8) is 0 Å². The first-order chi connectivity index (χ1) is 17.7. The molecule has 206 valence electrons. The van der Waals surface area contributed by atoms with Gasteiger partial charge in [0.2, 0.25) is 0 Å². The van der Waals surface area contributed by atoms with Crippen LogP contribution in [0.15, 0.2) is 48.6 Å². The number of Topliss-reactive ketones (excluding diaryl/α,β-unsaturated/α-hetero) is 1. The highest BCUT2D eigenvalue weighted by Gasteiger charge is 2.40. The molecule has 38 heavy (non-hydrogen) atoms. The van der Waals surface area contributed by atoms with Crippen molar-refractivity contribution < 1.29 is 18.9 Å². The van der Waals surface area contributed by atoms with Gasteiger partial charge < -0.3 is 14.5 Å². The Morgan fingerprint density at radius 3 is 2.53 bits per heavy atom. The van der Waals surface area contributed by atoms with Gasteiger partial charge in [-0.15, -0.1) is 0 Å². The Morgan fingerprint density at radius 2 is 1.89 bits per heavy atom. The van der Waals surface area contributed by atoms with Crippen LogP contribution >= 0.6 is 0 Å². The van der Waals surface area contributed by atoms with E-state index in [1.807, 2.05) is 12.1 Å². The van der Waals surface area contributed by atoms with E-state index in [-0.39, 0.29) is 29.2 Å². The molecule has 1 atom stereocenters. The average molecular weight is 539 g/mol. The highest BCUT2D eigenvalue weighted by Crippen LogP contribution is 2.43. The van der Waals surface area contributed by atoms with Gasteiger partial charge >= 0.3 is 0 Å². The van der Waals surface area contributed by atoms with Crippen LogP contribution in [0.3, 0.4) is 0 Å². The van der Waals surface area contributed by atoms with Crippen molar-refractivity contribution in [3.05, 3.63) is 75.4 Å². The second-order valence-electron chi connectivity index (χ2n) is 12.1. The van der Waals surface area contributed by atoms with Crippen LogP contribution in [0.2, 0.25) is 18.1 Å². The number of allylic oxidation sites excluding steroid dienone is 1. The number of ether oxygens (including phenoxy) is 1. The fourth-order valence-corrected chi connectivity index (χ4v) is 5.37. The molecule has 0 bridgehead atoms. The smallest absolute Gasteiger partial charge is 0.276 e. The highest BCUT2D eigenvalue weighted by molar-refractivity contribution is 6.74. The number of hydrogen-bond acceptors (Lipinski definition) is 6. The SMILES string of the molecule is C=C(CC(C)C)C(=O)CC1NCCc2cc(O[Si](C)(C)C(C)(C)C)c(OCc3ccccc3[N+](=O)[O-])cc21. The number of nitro groups is 1. The van der Waals surface area contributed by atoms with Crippen LogP contribution in [-0.2, 0) is 17.8 Å². The molecule has 1 heterocycles. The maximum Gasteiger partial charge on any atom is 0.276 e. The number of para-hydroxylation sites is 1. The molecule has 1 aliphatic rings. The van der Waals surface area contributed by atoms with Crippen molar-refractivity contribution in [2.75, 3.05) is 6.54 Å². The highest BCUT2D eigenvalue weighted by atomic mass is 28.4. The average Bonchev–Trinajstić information content (AvgIpc) is 2.81. The van der Waals surface area contributed by atoms with E-state index in [2.05, 4.69) is 59.6 Å². The molecule has 0 saturated heterocycles. The van der Waals surface area contributed by atoms with E-state index in [1.54, 1.807) is 18.2 Å². The first kappa shape index (κ1) is 29.6. The van der Waals surface area contributed by atoms with E-state index in [1.165, 1.54) is 6.07 Å². The monoisotopic (exact) mass is 538 g/mol. The number of ketones is 1. The summed E-state index contributed by atoms with van der Waals surface area (Å²) in [6, 6.07) is 10.4. The maximum atomic E-state index is 13.0. The Hall–Kier alpha value is -2.97. The van der Waals surface area contributed by atoms with Crippen LogP contribution in [0, 0.1) is 16.0 Å². The zero-order chi connectivity index (χ0) is 28.3. The van der Waals surface area contributed by atoms with Gasteiger partial charge in [0.25, 0.3) is 14.0 Å². The molecule has 0 aromatic heterocycles. The van der Waals surface area contributed by atoms with Gasteiger partial charge in [-0.05, 0) is 78.3 Å². The molecular weight excluding hydrogens is 496 g/mol. The fraction of sp³-hybridized carbons (Fsp3) is 0.500. The Balaban J connectivity index is 1.98. The maximum absolute atomic E-state index is 13.0. The molecule has 0 spiro atoms. The quantitative estimate of drug-likeness (QED) is 0.140. The van der Waals surface area contributed by atoms with Crippen LogP contribution in [0.4, 0.5) is 5.69 Å². The van der Waals surface area contributed by atoms with Crippen LogP contribution in [0.5, 0.6) is 11.5 Å². The number of nitrogens with zero attached hydrogens (tertiary/aromatic N) is 1.